The van der Waals surface area contributed by atoms with Crippen LogP contribution in [0.15, 0.2) is 59.7 Å². The molecule has 0 atom stereocenters. The van der Waals surface area contributed by atoms with Gasteiger partial charge in [-0.15, -0.1) is 0 Å². The molecule has 0 amide bonds. The molecule has 0 aromatic carbocycles. The first-order valence-corrected chi connectivity index (χ1v) is 11.5. The summed E-state index contributed by atoms with van der Waals surface area (Å²) in [5.41, 5.74) is 4.72. The first-order valence-electron chi connectivity index (χ1n) is 11.5. The van der Waals surface area contributed by atoms with Crippen molar-refractivity contribution in [2.24, 2.45) is 5.10 Å². The summed E-state index contributed by atoms with van der Waals surface area (Å²) < 4.78 is 11.5. The van der Waals surface area contributed by atoms with Gasteiger partial charge in [-0.2, -0.15) is 10.1 Å². The van der Waals surface area contributed by atoms with Crippen LogP contribution in [-0.4, -0.2) is 47.5 Å². The van der Waals surface area contributed by atoms with Gasteiger partial charge in [0.05, 0.1) is 19.4 Å². The van der Waals surface area contributed by atoms with Crippen LogP contribution in [0.4, 0.5) is 5.82 Å². The Balaban J connectivity index is 2.20. The van der Waals surface area contributed by atoms with Crippen molar-refractivity contribution in [1.29, 1.82) is 0 Å². The summed E-state index contributed by atoms with van der Waals surface area (Å²) in [6.45, 7) is 14.8. The van der Waals surface area contributed by atoms with E-state index in [2.05, 4.69) is 45.8 Å². The molecule has 0 aliphatic rings. The van der Waals surface area contributed by atoms with Crippen molar-refractivity contribution in [2.45, 2.75) is 47.0 Å². The number of hydrogen-bond acceptors (Lipinski definition) is 8. The number of aromatic nitrogens is 3. The van der Waals surface area contributed by atoms with Gasteiger partial charge < -0.3 is 14.4 Å². The summed E-state index contributed by atoms with van der Waals surface area (Å²) in [5, 5.41) is 4.26. The van der Waals surface area contributed by atoms with Gasteiger partial charge in [0.25, 0.3) is 0 Å². The Kier molecular flexibility index (Phi) is 11.4. The van der Waals surface area contributed by atoms with Gasteiger partial charge in [0.15, 0.2) is 5.82 Å². The topological polar surface area (TPSA) is 84.8 Å². The van der Waals surface area contributed by atoms with E-state index in [4.69, 9.17) is 14.5 Å². The second-order valence-corrected chi connectivity index (χ2v) is 7.49. The van der Waals surface area contributed by atoms with Gasteiger partial charge in [-0.3, -0.25) is 4.98 Å². The third-order valence-electron chi connectivity index (χ3n) is 4.38. The van der Waals surface area contributed by atoms with E-state index in [0.717, 1.165) is 43.0 Å². The van der Waals surface area contributed by atoms with Crippen molar-refractivity contribution in [3.05, 3.63) is 66.1 Å². The fraction of sp³-hybridized carbons (Fsp3) is 0.440. The molecule has 0 spiro atoms. The summed E-state index contributed by atoms with van der Waals surface area (Å²) in [4.78, 5) is 15.8. The lowest BCUT2D eigenvalue weighted by Gasteiger charge is -2.23. The molecule has 2 aromatic heterocycles. The van der Waals surface area contributed by atoms with Crippen molar-refractivity contribution in [2.75, 3.05) is 31.2 Å². The van der Waals surface area contributed by atoms with Gasteiger partial charge in [-0.1, -0.05) is 32.1 Å². The minimum Gasteiger partial charge on any atom is -0.478 e. The summed E-state index contributed by atoms with van der Waals surface area (Å²) in [7, 11) is 0. The Morgan fingerprint density at radius 2 is 1.97 bits per heavy atom. The minimum absolute atomic E-state index is 0.455. The zero-order valence-corrected chi connectivity index (χ0v) is 20.3. The maximum atomic E-state index is 5.97. The summed E-state index contributed by atoms with van der Waals surface area (Å²) in [5.74, 6) is 2.31. The number of rotatable bonds is 15. The summed E-state index contributed by atoms with van der Waals surface area (Å²) >= 11 is 0. The number of allylic oxidation sites excluding steroid dienone is 2. The molecule has 0 bridgehead atoms. The molecule has 8 nitrogen and oxygen atoms in total. The zero-order valence-electron chi connectivity index (χ0n) is 20.3. The predicted octanol–water partition coefficient (Wildman–Crippen LogP) is 4.50. The number of nitrogens with one attached hydrogen (secondary N) is 1. The van der Waals surface area contributed by atoms with E-state index < -0.39 is 0 Å². The molecular weight excluding hydrogens is 416 g/mol. The molecule has 0 aliphatic heterocycles. The summed E-state index contributed by atoms with van der Waals surface area (Å²) in [6, 6.07) is 7.75. The van der Waals surface area contributed by atoms with E-state index in [1.807, 2.05) is 38.1 Å². The highest BCUT2D eigenvalue weighted by Gasteiger charge is 2.11. The van der Waals surface area contributed by atoms with Crippen LogP contribution in [0.3, 0.4) is 0 Å². The van der Waals surface area contributed by atoms with Crippen LogP contribution >= 0.6 is 0 Å². The standard InChI is InChI=1S/C25H36N6O2/c1-6-14-31(15-7-2)23-18-24(33-16-12-21-11-9-10-13-26-21)29-22(28-23)19-27-30-25(32-8-3)17-20(4)5/h9-11,13,17-19,30H,4,6-8,12,14-16H2,1-3,5H3/b25-17-,27-19+. The molecule has 1 N–H and O–H groups in total. The largest absolute Gasteiger partial charge is 0.478 e. The van der Waals surface area contributed by atoms with Crippen molar-refractivity contribution < 1.29 is 9.47 Å². The van der Waals surface area contributed by atoms with Crippen LogP contribution in [0.5, 0.6) is 5.88 Å². The first kappa shape index (κ1) is 25.8. The molecule has 0 saturated heterocycles. The Morgan fingerprint density at radius 1 is 1.18 bits per heavy atom. The van der Waals surface area contributed by atoms with E-state index in [-0.39, 0.29) is 0 Å². The van der Waals surface area contributed by atoms with Gasteiger partial charge in [-0.05, 0) is 38.8 Å². The monoisotopic (exact) mass is 452 g/mol. The highest BCUT2D eigenvalue weighted by Crippen LogP contribution is 2.18. The quantitative estimate of drug-likeness (QED) is 0.184. The Labute approximate surface area is 197 Å². The molecule has 33 heavy (non-hydrogen) atoms. The molecule has 2 aromatic rings. The molecule has 0 radical (unpaired) electrons. The maximum Gasteiger partial charge on any atom is 0.219 e. The Morgan fingerprint density at radius 3 is 2.61 bits per heavy atom. The highest BCUT2D eigenvalue weighted by atomic mass is 16.5. The number of anilines is 1. The number of nitrogens with zero attached hydrogens (tertiary/aromatic N) is 5. The molecule has 0 saturated carbocycles. The zero-order chi connectivity index (χ0) is 23.9. The molecule has 8 heteroatoms. The van der Waals surface area contributed by atoms with E-state index >= 15 is 0 Å². The predicted molar refractivity (Wildman–Crippen MR) is 134 cm³/mol. The number of ether oxygens (including phenoxy) is 2. The molecule has 0 aliphatic carbocycles. The van der Waals surface area contributed by atoms with E-state index in [1.54, 1.807) is 18.5 Å². The number of hydrazone groups is 1. The smallest absolute Gasteiger partial charge is 0.219 e. The fourth-order valence-electron chi connectivity index (χ4n) is 3.05. The molecule has 0 unspecified atom stereocenters. The van der Waals surface area contributed by atoms with Gasteiger partial charge in [0.1, 0.15) is 5.82 Å². The van der Waals surface area contributed by atoms with Crippen molar-refractivity contribution in [3.63, 3.8) is 0 Å². The average Bonchev–Trinajstić information content (AvgIpc) is 2.79. The van der Waals surface area contributed by atoms with Crippen LogP contribution < -0.4 is 15.1 Å². The van der Waals surface area contributed by atoms with Gasteiger partial charge in [0.2, 0.25) is 11.8 Å². The van der Waals surface area contributed by atoms with Crippen LogP contribution in [-0.2, 0) is 11.2 Å². The lowest BCUT2D eigenvalue weighted by molar-refractivity contribution is 0.207. The Hall–Kier alpha value is -3.42. The SMILES string of the molecule is C=C(C)/C=C(/N/N=C/c1nc(OCCc2ccccn2)cc(N(CCC)CCC)n1)OCC. The van der Waals surface area contributed by atoms with Gasteiger partial charge >= 0.3 is 0 Å². The summed E-state index contributed by atoms with van der Waals surface area (Å²) in [6.07, 6.45) is 7.88. The second-order valence-electron chi connectivity index (χ2n) is 7.49. The second kappa shape index (κ2) is 14.6. The van der Waals surface area contributed by atoms with E-state index in [1.165, 1.54) is 0 Å². The lowest BCUT2D eigenvalue weighted by Crippen LogP contribution is -2.26. The van der Waals surface area contributed by atoms with Crippen molar-refractivity contribution in [1.82, 2.24) is 20.4 Å². The molecule has 2 rings (SSSR count). The minimum atomic E-state index is 0.455. The van der Waals surface area contributed by atoms with Crippen LogP contribution in [0.1, 0.15) is 52.1 Å². The highest BCUT2D eigenvalue weighted by molar-refractivity contribution is 5.75. The first-order chi connectivity index (χ1) is 16.0. The maximum absolute atomic E-state index is 5.97. The van der Waals surface area contributed by atoms with Gasteiger partial charge in [0, 0.05) is 43.5 Å². The van der Waals surface area contributed by atoms with Crippen LogP contribution in [0, 0.1) is 0 Å². The fourth-order valence-corrected chi connectivity index (χ4v) is 3.05. The van der Waals surface area contributed by atoms with Crippen LogP contribution in [0.2, 0.25) is 0 Å². The van der Waals surface area contributed by atoms with E-state index in [0.29, 0.717) is 37.2 Å². The van der Waals surface area contributed by atoms with Crippen molar-refractivity contribution in [3.8, 4) is 5.88 Å². The average molecular weight is 453 g/mol. The number of hydrogen-bond donors (Lipinski definition) is 1. The number of pyridine rings is 1. The molecular formula is C25H36N6O2. The van der Waals surface area contributed by atoms with Crippen LogP contribution in [0.25, 0.3) is 0 Å². The Bertz CT molecular complexity index is 908. The molecule has 178 valence electrons. The van der Waals surface area contributed by atoms with Crippen molar-refractivity contribution >= 4 is 12.0 Å². The molecule has 0 fully saturated rings. The van der Waals surface area contributed by atoms with Gasteiger partial charge in [-0.25, -0.2) is 10.4 Å². The molecule has 2 heterocycles. The van der Waals surface area contributed by atoms with E-state index in [9.17, 15) is 0 Å². The third kappa shape index (κ3) is 9.72. The lowest BCUT2D eigenvalue weighted by atomic mass is 10.3. The third-order valence-corrected chi connectivity index (χ3v) is 4.38. The normalized spacial score (nSPS) is 11.5.